The van der Waals surface area contributed by atoms with Gasteiger partial charge in [-0.1, -0.05) is 0 Å². The number of rotatable bonds is 0. The largest absolute Gasteiger partial charge is 3.00 e. The summed E-state index contributed by atoms with van der Waals surface area (Å²) < 4.78 is 0. The predicted octanol–water partition coefficient (Wildman–Crippen LogP) is -0.00250. The molecule has 4 radical (unpaired) electrons. The Morgan fingerprint density at radius 1 is 1.00 bits per heavy atom. The summed E-state index contributed by atoms with van der Waals surface area (Å²) in [5.74, 6) is 0. The van der Waals surface area contributed by atoms with Crippen LogP contribution in [0.4, 0.5) is 0 Å². The predicted molar refractivity (Wildman–Crippen MR) is 0 cm³/mol. The quantitative estimate of drug-likeness (QED) is 0.301. The van der Waals surface area contributed by atoms with E-state index in [4.69, 9.17) is 0 Å². The minimum absolute atomic E-state index is 0. The Balaban J connectivity index is 0. The van der Waals surface area contributed by atoms with Crippen molar-refractivity contribution < 1.29 is 359 Å². The van der Waals surface area contributed by atoms with E-state index >= 15 is 0 Å². The molecular weight excluding hydrogens is 1320 g/mol. The van der Waals surface area contributed by atoms with Gasteiger partial charge in [-0.3, -0.25) is 0 Å². The van der Waals surface area contributed by atoms with Crippen LogP contribution in [0, 0.1) is 326 Å². The molecule has 0 aromatic heterocycles. The maximum atomic E-state index is 0. The van der Waals surface area contributed by atoms with E-state index in [2.05, 4.69) is 0 Å². The van der Waals surface area contributed by atoms with E-state index < -0.39 is 0 Å². The topological polar surface area (TPSA) is 0 Å². The summed E-state index contributed by atoms with van der Waals surface area (Å²) in [4.78, 5) is 0. The molecule has 0 N–H and O–H groups in total. The Morgan fingerprint density at radius 2 is 1.00 bits per heavy atom. The van der Waals surface area contributed by atoms with Gasteiger partial charge < -0.3 is 0 Å². The minimum atomic E-state index is 0. The molecule has 0 spiro atoms. The zero-order chi connectivity index (χ0) is 0. The monoisotopic (exact) mass is 1320 g/mol. The maximum absolute atomic E-state index is 0. The van der Waals surface area contributed by atoms with Crippen molar-refractivity contribution >= 4 is 0 Å². The summed E-state index contributed by atoms with van der Waals surface area (Å²) in [6.07, 6.45) is 0. The molecular formula is DyEuGdHoNdPrSmTbY+27. The summed E-state index contributed by atoms with van der Waals surface area (Å²) in [6.45, 7) is 0. The summed E-state index contributed by atoms with van der Waals surface area (Å²) >= 11 is 0. The van der Waals surface area contributed by atoms with Crippen LogP contribution in [-0.4, -0.2) is 0 Å². The SMILES string of the molecule is [Dy+3].[Eu+3].[Gd+3].[Ho+3].[Nd+3].[Pr+3].[Sm+3].[Tb+3].[Y+3]. The van der Waals surface area contributed by atoms with Gasteiger partial charge >= 0.3 is 359 Å². The molecule has 0 aliphatic carbocycles. The van der Waals surface area contributed by atoms with Gasteiger partial charge in [-0.25, -0.2) is 0 Å². The van der Waals surface area contributed by atoms with Gasteiger partial charge in [0.15, 0.2) is 0 Å². The van der Waals surface area contributed by atoms with Crippen molar-refractivity contribution in [2.75, 3.05) is 0 Å². The third-order valence-corrected chi connectivity index (χ3v) is 0. The zero-order valence-electron chi connectivity index (χ0n) is 3.75. The van der Waals surface area contributed by atoms with Crippen LogP contribution in [0.15, 0.2) is 0 Å². The summed E-state index contributed by atoms with van der Waals surface area (Å²) in [6, 6.07) is 0. The number of hydrogen-bond acceptors (Lipinski definition) is 0. The van der Waals surface area contributed by atoms with Gasteiger partial charge in [0.05, 0.1) is 0 Å². The van der Waals surface area contributed by atoms with Crippen LogP contribution in [-0.2, 0) is 32.7 Å². The summed E-state index contributed by atoms with van der Waals surface area (Å²) in [5, 5.41) is 0. The molecule has 0 saturated carbocycles. The van der Waals surface area contributed by atoms with Crippen molar-refractivity contribution in [1.82, 2.24) is 0 Å². The fourth-order valence-electron chi connectivity index (χ4n) is 0. The molecule has 0 aliphatic rings. The zero-order valence-corrected chi connectivity index (χ0v) is 26.9. The van der Waals surface area contributed by atoms with E-state index in [-0.39, 0.29) is 359 Å². The van der Waals surface area contributed by atoms with Crippen molar-refractivity contribution in [3.05, 3.63) is 0 Å². The van der Waals surface area contributed by atoms with Gasteiger partial charge in [0.2, 0.25) is 0 Å². The van der Waals surface area contributed by atoms with Crippen molar-refractivity contribution in [2.24, 2.45) is 0 Å². The van der Waals surface area contributed by atoms with Gasteiger partial charge in [0.1, 0.15) is 0 Å². The first-order chi connectivity index (χ1) is 0. The van der Waals surface area contributed by atoms with E-state index in [9.17, 15) is 0 Å². The van der Waals surface area contributed by atoms with Crippen LogP contribution in [0.2, 0.25) is 0 Å². The van der Waals surface area contributed by atoms with Crippen molar-refractivity contribution in [3.8, 4) is 0 Å². The fraction of sp³-hybridized carbons (Fsp3) is 0. The van der Waals surface area contributed by atoms with Gasteiger partial charge in [0.25, 0.3) is 0 Å². The molecule has 9 heavy (non-hydrogen) atoms. The first-order valence-electron chi connectivity index (χ1n) is 0. The molecule has 0 aromatic rings. The fourth-order valence-corrected chi connectivity index (χ4v) is 0. The minimum Gasteiger partial charge on any atom is 3.00 e. The van der Waals surface area contributed by atoms with Crippen molar-refractivity contribution in [3.63, 3.8) is 0 Å². The molecule has 0 aromatic carbocycles. The Morgan fingerprint density at radius 3 is 1.00 bits per heavy atom. The maximum Gasteiger partial charge on any atom is 3.00 e. The number of hydrogen-bond donors (Lipinski definition) is 0. The third-order valence-electron chi connectivity index (χ3n) is 0. The Labute approximate surface area is 345 Å². The summed E-state index contributed by atoms with van der Waals surface area (Å²) in [5.41, 5.74) is 0. The molecule has 0 aliphatic heterocycles. The normalized spacial score (nSPS) is 0. The average molecular weight is 1320 g/mol. The summed E-state index contributed by atoms with van der Waals surface area (Å²) in [7, 11) is 0. The molecule has 34 valence electrons. The second-order valence-corrected chi connectivity index (χ2v) is 0. The first-order valence-corrected chi connectivity index (χ1v) is 0. The Kier molecular flexibility index (Phi) is 326. The second-order valence-electron chi connectivity index (χ2n) is 0. The van der Waals surface area contributed by atoms with Crippen LogP contribution >= 0.6 is 0 Å². The molecule has 0 saturated heterocycles. The van der Waals surface area contributed by atoms with E-state index in [1.54, 1.807) is 0 Å². The van der Waals surface area contributed by atoms with Crippen LogP contribution in [0.5, 0.6) is 0 Å². The molecule has 0 heterocycles. The van der Waals surface area contributed by atoms with E-state index in [0.717, 1.165) is 0 Å². The van der Waals surface area contributed by atoms with Crippen LogP contribution < -0.4 is 0 Å². The van der Waals surface area contributed by atoms with Gasteiger partial charge in [-0.15, -0.1) is 0 Å². The second kappa shape index (κ2) is 50.2. The van der Waals surface area contributed by atoms with E-state index in [1.165, 1.54) is 0 Å². The van der Waals surface area contributed by atoms with Gasteiger partial charge in [-0.05, 0) is 0 Å². The van der Waals surface area contributed by atoms with Gasteiger partial charge in [0, 0.05) is 0 Å². The molecule has 0 rings (SSSR count). The molecule has 9 heteroatoms. The molecule has 0 nitrogen and oxygen atoms in total. The van der Waals surface area contributed by atoms with E-state index in [0.29, 0.717) is 0 Å². The molecule has 0 unspecified atom stereocenters. The van der Waals surface area contributed by atoms with E-state index in [1.807, 2.05) is 0 Å². The molecule has 0 atom stereocenters. The molecule has 0 bridgehead atoms. The Bertz CT molecular complexity index is 28.5. The standard InChI is InChI=1S/Dy.Eu.Gd.Ho.Nd.Pr.Sm.Tb.Y/q9*+3. The van der Waals surface area contributed by atoms with Gasteiger partial charge in [-0.2, -0.15) is 0 Å². The molecule has 0 fully saturated rings. The molecule has 0 amide bonds. The average Bonchev–Trinajstić information content (AvgIpc) is 0. The van der Waals surface area contributed by atoms with Crippen LogP contribution in [0.25, 0.3) is 0 Å². The smallest absolute Gasteiger partial charge is 3.00 e. The van der Waals surface area contributed by atoms with Crippen LogP contribution in [0.1, 0.15) is 0 Å². The first kappa shape index (κ1) is 58.5. The van der Waals surface area contributed by atoms with Crippen molar-refractivity contribution in [2.45, 2.75) is 0 Å². The van der Waals surface area contributed by atoms with Crippen LogP contribution in [0.3, 0.4) is 0 Å². The third kappa shape index (κ3) is 45.0. The van der Waals surface area contributed by atoms with Crippen molar-refractivity contribution in [1.29, 1.82) is 0 Å². The Hall–Kier alpha value is 11.9.